The topological polar surface area (TPSA) is 69.6 Å². The number of amides is 2. The molecule has 1 aromatic rings. The summed E-state index contributed by atoms with van der Waals surface area (Å²) in [5, 5.41) is 11.7. The highest BCUT2D eigenvalue weighted by molar-refractivity contribution is 5.93. The van der Waals surface area contributed by atoms with Gasteiger partial charge in [-0.1, -0.05) is 6.07 Å². The molecule has 5 heteroatoms. The van der Waals surface area contributed by atoms with Crippen molar-refractivity contribution in [1.82, 2.24) is 4.90 Å². The van der Waals surface area contributed by atoms with Crippen molar-refractivity contribution in [2.24, 2.45) is 5.92 Å². The van der Waals surface area contributed by atoms with Crippen LogP contribution in [0.3, 0.4) is 0 Å². The fourth-order valence-electron chi connectivity index (χ4n) is 1.87. The lowest BCUT2D eigenvalue weighted by molar-refractivity contribution is 0.0697. The van der Waals surface area contributed by atoms with Crippen LogP contribution in [-0.2, 0) is 0 Å². The summed E-state index contributed by atoms with van der Waals surface area (Å²) < 4.78 is 0. The van der Waals surface area contributed by atoms with Crippen molar-refractivity contribution in [3.63, 3.8) is 0 Å². The molecule has 1 fully saturated rings. The van der Waals surface area contributed by atoms with Gasteiger partial charge in [-0.3, -0.25) is 0 Å². The monoisotopic (exact) mass is 262 g/mol. The van der Waals surface area contributed by atoms with Gasteiger partial charge in [-0.25, -0.2) is 9.59 Å². The van der Waals surface area contributed by atoms with Gasteiger partial charge in [0.1, 0.15) is 0 Å². The Morgan fingerprint density at radius 1 is 1.42 bits per heavy atom. The largest absolute Gasteiger partial charge is 0.478 e. The fraction of sp³-hybridized carbons (Fsp3) is 0.429. The van der Waals surface area contributed by atoms with E-state index in [4.69, 9.17) is 5.11 Å². The van der Waals surface area contributed by atoms with Crippen molar-refractivity contribution in [2.75, 3.05) is 18.9 Å². The lowest BCUT2D eigenvalue weighted by Gasteiger charge is -2.18. The molecule has 0 spiro atoms. The standard InChI is InChI=1S/C14H18N2O3/c1-9-3-6-11(13(17)18)7-12(9)15-14(19)16(2)8-10-4-5-10/h3,6-7,10H,4-5,8H2,1-2H3,(H,15,19)(H,17,18). The molecule has 0 bridgehead atoms. The molecule has 2 amide bonds. The molecular weight excluding hydrogens is 244 g/mol. The number of nitrogens with one attached hydrogen (secondary N) is 1. The number of aromatic carboxylic acids is 1. The van der Waals surface area contributed by atoms with E-state index in [1.807, 2.05) is 6.92 Å². The van der Waals surface area contributed by atoms with Crippen LogP contribution in [0.1, 0.15) is 28.8 Å². The number of aryl methyl sites for hydroxylation is 1. The molecule has 0 heterocycles. The van der Waals surface area contributed by atoms with Gasteiger partial charge in [-0.05, 0) is 43.4 Å². The molecule has 1 aliphatic rings. The Kier molecular flexibility index (Phi) is 3.74. The maximum atomic E-state index is 12.0. The number of benzene rings is 1. The average Bonchev–Trinajstić information content (AvgIpc) is 3.15. The minimum atomic E-state index is -0.998. The first kappa shape index (κ1) is 13.4. The van der Waals surface area contributed by atoms with E-state index < -0.39 is 5.97 Å². The summed E-state index contributed by atoms with van der Waals surface area (Å²) in [6.07, 6.45) is 2.37. The summed E-state index contributed by atoms with van der Waals surface area (Å²) in [7, 11) is 1.75. The summed E-state index contributed by atoms with van der Waals surface area (Å²) in [5.41, 5.74) is 1.57. The molecule has 5 nitrogen and oxygen atoms in total. The lowest BCUT2D eigenvalue weighted by Crippen LogP contribution is -2.33. The van der Waals surface area contributed by atoms with Crippen LogP contribution >= 0.6 is 0 Å². The highest BCUT2D eigenvalue weighted by Crippen LogP contribution is 2.29. The number of rotatable bonds is 4. The van der Waals surface area contributed by atoms with Crippen LogP contribution < -0.4 is 5.32 Å². The number of carbonyl (C=O) groups excluding carboxylic acids is 1. The first-order chi connectivity index (χ1) is 8.97. The normalized spacial score (nSPS) is 14.0. The molecule has 102 valence electrons. The Morgan fingerprint density at radius 3 is 2.68 bits per heavy atom. The second kappa shape index (κ2) is 5.30. The highest BCUT2D eigenvalue weighted by Gasteiger charge is 2.25. The summed E-state index contributed by atoms with van der Waals surface area (Å²) in [6.45, 7) is 2.59. The van der Waals surface area contributed by atoms with Crippen LogP contribution in [0.15, 0.2) is 18.2 Å². The van der Waals surface area contributed by atoms with E-state index >= 15 is 0 Å². The zero-order chi connectivity index (χ0) is 14.0. The van der Waals surface area contributed by atoms with Gasteiger partial charge >= 0.3 is 12.0 Å². The van der Waals surface area contributed by atoms with Gasteiger partial charge in [-0.2, -0.15) is 0 Å². The van der Waals surface area contributed by atoms with Crippen LogP contribution in [0.5, 0.6) is 0 Å². The van der Waals surface area contributed by atoms with Gasteiger partial charge in [-0.15, -0.1) is 0 Å². The lowest BCUT2D eigenvalue weighted by atomic mass is 10.1. The maximum Gasteiger partial charge on any atom is 0.335 e. The van der Waals surface area contributed by atoms with Crippen molar-refractivity contribution in [3.05, 3.63) is 29.3 Å². The van der Waals surface area contributed by atoms with E-state index in [-0.39, 0.29) is 11.6 Å². The number of carboxylic acids is 1. The molecule has 2 rings (SSSR count). The SMILES string of the molecule is Cc1ccc(C(=O)O)cc1NC(=O)N(C)CC1CC1. The molecule has 1 aliphatic carbocycles. The highest BCUT2D eigenvalue weighted by atomic mass is 16.4. The van der Waals surface area contributed by atoms with E-state index in [1.54, 1.807) is 18.0 Å². The number of carboxylic acid groups (broad SMARTS) is 1. The summed E-state index contributed by atoms with van der Waals surface area (Å²) in [6, 6.07) is 4.51. The molecule has 1 aromatic carbocycles. The van der Waals surface area contributed by atoms with Crippen molar-refractivity contribution >= 4 is 17.7 Å². The second-order valence-electron chi connectivity index (χ2n) is 5.09. The number of hydrogen-bond acceptors (Lipinski definition) is 2. The van der Waals surface area contributed by atoms with Gasteiger partial charge < -0.3 is 15.3 Å². The Morgan fingerprint density at radius 2 is 2.11 bits per heavy atom. The van der Waals surface area contributed by atoms with Gasteiger partial charge in [0.05, 0.1) is 5.56 Å². The number of carbonyl (C=O) groups is 2. The van der Waals surface area contributed by atoms with Crippen LogP contribution in [-0.4, -0.2) is 35.6 Å². The maximum absolute atomic E-state index is 12.0. The predicted octanol–water partition coefficient (Wildman–Crippen LogP) is 2.57. The summed E-state index contributed by atoms with van der Waals surface area (Å²) in [4.78, 5) is 24.5. The molecular formula is C14H18N2O3. The van der Waals surface area contributed by atoms with Crippen LogP contribution in [0.4, 0.5) is 10.5 Å². The van der Waals surface area contributed by atoms with E-state index in [0.29, 0.717) is 11.6 Å². The van der Waals surface area contributed by atoms with Gasteiger partial charge in [0.15, 0.2) is 0 Å². The number of anilines is 1. The minimum absolute atomic E-state index is 0.172. The van der Waals surface area contributed by atoms with Crippen molar-refractivity contribution < 1.29 is 14.7 Å². The number of hydrogen-bond donors (Lipinski definition) is 2. The molecule has 1 saturated carbocycles. The molecule has 0 unspecified atom stereocenters. The molecule has 0 radical (unpaired) electrons. The minimum Gasteiger partial charge on any atom is -0.478 e. The van der Waals surface area contributed by atoms with E-state index in [1.165, 1.54) is 25.0 Å². The van der Waals surface area contributed by atoms with Gasteiger partial charge in [0, 0.05) is 19.3 Å². The predicted molar refractivity (Wildman–Crippen MR) is 72.5 cm³/mol. The van der Waals surface area contributed by atoms with E-state index in [2.05, 4.69) is 5.32 Å². The Labute approximate surface area is 112 Å². The van der Waals surface area contributed by atoms with Gasteiger partial charge in [0.2, 0.25) is 0 Å². The third kappa shape index (κ3) is 3.47. The number of nitrogens with zero attached hydrogens (tertiary/aromatic N) is 1. The average molecular weight is 262 g/mol. The third-order valence-corrected chi connectivity index (χ3v) is 3.30. The second-order valence-corrected chi connectivity index (χ2v) is 5.09. The van der Waals surface area contributed by atoms with E-state index in [9.17, 15) is 9.59 Å². The smallest absolute Gasteiger partial charge is 0.335 e. The third-order valence-electron chi connectivity index (χ3n) is 3.30. The number of urea groups is 1. The Hall–Kier alpha value is -2.04. The zero-order valence-corrected chi connectivity index (χ0v) is 11.1. The van der Waals surface area contributed by atoms with Crippen LogP contribution in [0, 0.1) is 12.8 Å². The van der Waals surface area contributed by atoms with Crippen molar-refractivity contribution in [1.29, 1.82) is 0 Å². The molecule has 0 aromatic heterocycles. The summed E-state index contributed by atoms with van der Waals surface area (Å²) >= 11 is 0. The Balaban J connectivity index is 2.06. The van der Waals surface area contributed by atoms with Crippen molar-refractivity contribution in [3.8, 4) is 0 Å². The molecule has 0 saturated heterocycles. The Bertz CT molecular complexity index is 509. The van der Waals surface area contributed by atoms with Gasteiger partial charge in [0.25, 0.3) is 0 Å². The van der Waals surface area contributed by atoms with E-state index in [0.717, 1.165) is 12.1 Å². The molecule has 0 aliphatic heterocycles. The zero-order valence-electron chi connectivity index (χ0n) is 11.1. The first-order valence-electron chi connectivity index (χ1n) is 6.33. The van der Waals surface area contributed by atoms with Crippen LogP contribution in [0.2, 0.25) is 0 Å². The fourth-order valence-corrected chi connectivity index (χ4v) is 1.87. The van der Waals surface area contributed by atoms with Crippen LogP contribution in [0.25, 0.3) is 0 Å². The molecule has 19 heavy (non-hydrogen) atoms. The molecule has 0 atom stereocenters. The molecule has 2 N–H and O–H groups in total. The quantitative estimate of drug-likeness (QED) is 0.876. The van der Waals surface area contributed by atoms with Crippen molar-refractivity contribution in [2.45, 2.75) is 19.8 Å². The summed E-state index contributed by atoms with van der Waals surface area (Å²) in [5.74, 6) is -0.371. The first-order valence-corrected chi connectivity index (χ1v) is 6.33.